The second-order valence-corrected chi connectivity index (χ2v) is 6.83. The fourth-order valence-electron chi connectivity index (χ4n) is 3.37. The minimum atomic E-state index is 0.485. The largest absolute Gasteiger partial charge is 0.0654 e. The molecule has 0 heterocycles. The maximum absolute atomic E-state index is 2.49. The van der Waals surface area contributed by atoms with Crippen LogP contribution in [-0.4, -0.2) is 0 Å². The molecule has 0 amide bonds. The molecule has 0 aliphatic rings. The van der Waals surface area contributed by atoms with Gasteiger partial charge in [0.15, 0.2) is 0 Å². The summed E-state index contributed by atoms with van der Waals surface area (Å²) >= 11 is 0. The summed E-state index contributed by atoms with van der Waals surface area (Å²) in [5, 5.41) is 0. The SMILES string of the molecule is CCCC(C)C(CC)C(C)C(C)C(C)(C)CC. The Bertz CT molecular complexity index is 192. The van der Waals surface area contributed by atoms with Gasteiger partial charge in [0.1, 0.15) is 0 Å². The van der Waals surface area contributed by atoms with Crippen molar-refractivity contribution in [2.24, 2.45) is 29.1 Å². The Morgan fingerprint density at radius 3 is 1.82 bits per heavy atom. The van der Waals surface area contributed by atoms with Crippen LogP contribution >= 0.6 is 0 Å². The first-order chi connectivity index (χ1) is 7.81. The first-order valence-corrected chi connectivity index (χ1v) is 7.81. The van der Waals surface area contributed by atoms with Gasteiger partial charge >= 0.3 is 0 Å². The van der Waals surface area contributed by atoms with Crippen LogP contribution in [0, 0.1) is 29.1 Å². The van der Waals surface area contributed by atoms with Gasteiger partial charge < -0.3 is 0 Å². The van der Waals surface area contributed by atoms with Crippen molar-refractivity contribution in [1.82, 2.24) is 0 Å². The zero-order valence-electron chi connectivity index (χ0n) is 13.6. The lowest BCUT2D eigenvalue weighted by atomic mass is 9.65. The average molecular weight is 240 g/mol. The quantitative estimate of drug-likeness (QED) is 0.477. The van der Waals surface area contributed by atoms with Gasteiger partial charge in [-0.15, -0.1) is 0 Å². The van der Waals surface area contributed by atoms with E-state index in [9.17, 15) is 0 Å². The Kier molecular flexibility index (Phi) is 7.44. The highest BCUT2D eigenvalue weighted by Gasteiger charge is 2.33. The standard InChI is InChI=1S/C17H36/c1-9-12-13(4)16(10-2)14(5)15(6)17(7,8)11-3/h13-16H,9-12H2,1-8H3. The van der Waals surface area contributed by atoms with Crippen molar-refractivity contribution in [1.29, 1.82) is 0 Å². The van der Waals surface area contributed by atoms with Gasteiger partial charge in [0, 0.05) is 0 Å². The molecule has 4 unspecified atom stereocenters. The summed E-state index contributed by atoms with van der Waals surface area (Å²) in [7, 11) is 0. The lowest BCUT2D eigenvalue weighted by Gasteiger charge is -2.40. The minimum absolute atomic E-state index is 0.485. The van der Waals surface area contributed by atoms with Crippen LogP contribution in [0.15, 0.2) is 0 Å². The maximum Gasteiger partial charge on any atom is -0.0329 e. The summed E-state index contributed by atoms with van der Waals surface area (Å²) in [6.07, 6.45) is 5.35. The lowest BCUT2D eigenvalue weighted by molar-refractivity contribution is 0.0886. The van der Waals surface area contributed by atoms with Crippen LogP contribution in [0.5, 0.6) is 0 Å². The number of hydrogen-bond acceptors (Lipinski definition) is 0. The summed E-state index contributed by atoms with van der Waals surface area (Å²) in [6.45, 7) is 19.3. The average Bonchev–Trinajstić information content (AvgIpc) is 2.29. The lowest BCUT2D eigenvalue weighted by Crippen LogP contribution is -2.33. The third-order valence-corrected chi connectivity index (χ3v) is 5.55. The molecular weight excluding hydrogens is 204 g/mol. The van der Waals surface area contributed by atoms with Crippen LogP contribution in [0.25, 0.3) is 0 Å². The monoisotopic (exact) mass is 240 g/mol. The van der Waals surface area contributed by atoms with E-state index in [1.807, 2.05) is 0 Å². The summed E-state index contributed by atoms with van der Waals surface area (Å²) in [5.74, 6) is 3.44. The third-order valence-electron chi connectivity index (χ3n) is 5.55. The van der Waals surface area contributed by atoms with Crippen molar-refractivity contribution in [2.45, 2.75) is 81.1 Å². The molecule has 0 nitrogen and oxygen atoms in total. The Balaban J connectivity index is 4.68. The zero-order valence-corrected chi connectivity index (χ0v) is 13.6. The Labute approximate surface area is 111 Å². The molecule has 0 aliphatic carbocycles. The van der Waals surface area contributed by atoms with Crippen molar-refractivity contribution in [3.63, 3.8) is 0 Å². The van der Waals surface area contributed by atoms with E-state index in [2.05, 4.69) is 55.4 Å². The molecule has 0 aromatic heterocycles. The molecule has 104 valence electrons. The Morgan fingerprint density at radius 2 is 1.47 bits per heavy atom. The van der Waals surface area contributed by atoms with Gasteiger partial charge in [-0.25, -0.2) is 0 Å². The van der Waals surface area contributed by atoms with E-state index in [0.29, 0.717) is 5.41 Å². The molecule has 0 radical (unpaired) electrons. The highest BCUT2D eigenvalue weighted by atomic mass is 14.4. The van der Waals surface area contributed by atoms with Crippen molar-refractivity contribution in [3.8, 4) is 0 Å². The van der Waals surface area contributed by atoms with E-state index in [0.717, 1.165) is 23.7 Å². The smallest absolute Gasteiger partial charge is 0.0329 e. The maximum atomic E-state index is 2.49. The molecule has 0 spiro atoms. The summed E-state index contributed by atoms with van der Waals surface area (Å²) in [6, 6.07) is 0. The minimum Gasteiger partial charge on any atom is -0.0654 e. The molecule has 0 saturated heterocycles. The van der Waals surface area contributed by atoms with Crippen LogP contribution in [0.2, 0.25) is 0 Å². The molecule has 0 rings (SSSR count). The van der Waals surface area contributed by atoms with Gasteiger partial charge in [-0.05, 0) is 29.1 Å². The van der Waals surface area contributed by atoms with Gasteiger partial charge in [-0.3, -0.25) is 0 Å². The highest BCUT2D eigenvalue weighted by molar-refractivity contribution is 4.83. The number of rotatable bonds is 8. The van der Waals surface area contributed by atoms with Crippen LogP contribution in [0.1, 0.15) is 81.1 Å². The van der Waals surface area contributed by atoms with Crippen LogP contribution in [0.3, 0.4) is 0 Å². The summed E-state index contributed by atoms with van der Waals surface area (Å²) in [4.78, 5) is 0. The Morgan fingerprint density at radius 1 is 0.941 bits per heavy atom. The molecule has 0 aliphatic heterocycles. The first-order valence-electron chi connectivity index (χ1n) is 7.81. The van der Waals surface area contributed by atoms with Crippen molar-refractivity contribution in [3.05, 3.63) is 0 Å². The molecule has 0 N–H and O–H groups in total. The van der Waals surface area contributed by atoms with Gasteiger partial charge in [0.25, 0.3) is 0 Å². The van der Waals surface area contributed by atoms with Crippen molar-refractivity contribution >= 4 is 0 Å². The van der Waals surface area contributed by atoms with Crippen molar-refractivity contribution < 1.29 is 0 Å². The number of hydrogen-bond donors (Lipinski definition) is 0. The normalized spacial score (nSPS) is 19.8. The molecule has 0 bridgehead atoms. The fourth-order valence-corrected chi connectivity index (χ4v) is 3.37. The van der Waals surface area contributed by atoms with E-state index in [4.69, 9.17) is 0 Å². The first kappa shape index (κ1) is 17.0. The van der Waals surface area contributed by atoms with E-state index >= 15 is 0 Å². The highest BCUT2D eigenvalue weighted by Crippen LogP contribution is 2.41. The summed E-state index contributed by atoms with van der Waals surface area (Å²) < 4.78 is 0. The van der Waals surface area contributed by atoms with Crippen LogP contribution in [0.4, 0.5) is 0 Å². The molecule has 0 fully saturated rings. The van der Waals surface area contributed by atoms with Gasteiger partial charge in [0.05, 0.1) is 0 Å². The Hall–Kier alpha value is 0. The van der Waals surface area contributed by atoms with Crippen LogP contribution in [-0.2, 0) is 0 Å². The predicted octanol–water partition coefficient (Wildman–Crippen LogP) is 6.16. The molecule has 17 heavy (non-hydrogen) atoms. The fraction of sp³-hybridized carbons (Fsp3) is 1.00. The summed E-state index contributed by atoms with van der Waals surface area (Å²) in [5.41, 5.74) is 0.485. The zero-order chi connectivity index (χ0) is 13.6. The molecule has 4 atom stereocenters. The topological polar surface area (TPSA) is 0 Å². The van der Waals surface area contributed by atoms with E-state index in [-0.39, 0.29) is 0 Å². The molecule has 0 heteroatoms. The van der Waals surface area contributed by atoms with Gasteiger partial charge in [-0.2, -0.15) is 0 Å². The van der Waals surface area contributed by atoms with Gasteiger partial charge in [-0.1, -0.05) is 81.1 Å². The van der Waals surface area contributed by atoms with Crippen LogP contribution < -0.4 is 0 Å². The van der Waals surface area contributed by atoms with Crippen molar-refractivity contribution in [2.75, 3.05) is 0 Å². The molecule has 0 aromatic rings. The second-order valence-electron chi connectivity index (χ2n) is 6.83. The van der Waals surface area contributed by atoms with E-state index in [1.54, 1.807) is 0 Å². The molecular formula is C17H36. The molecule has 0 saturated carbocycles. The predicted molar refractivity (Wildman–Crippen MR) is 80.3 cm³/mol. The van der Waals surface area contributed by atoms with E-state index in [1.165, 1.54) is 25.7 Å². The second kappa shape index (κ2) is 7.44. The third kappa shape index (κ3) is 4.64. The van der Waals surface area contributed by atoms with E-state index < -0.39 is 0 Å². The molecule has 0 aromatic carbocycles. The van der Waals surface area contributed by atoms with Gasteiger partial charge in [0.2, 0.25) is 0 Å².